The fourth-order valence-electron chi connectivity index (χ4n) is 3.61. The number of nitrogens with one attached hydrogen (secondary N) is 1. The smallest absolute Gasteiger partial charge is 0.338 e. The number of amides is 3. The molecule has 0 bridgehead atoms. The summed E-state index contributed by atoms with van der Waals surface area (Å²) in [6, 6.07) is 12.3. The average molecular weight is 466 g/mol. The molecule has 1 aliphatic heterocycles. The minimum atomic E-state index is -0.851. The van der Waals surface area contributed by atoms with Crippen LogP contribution in [0.15, 0.2) is 48.5 Å². The number of carbonyl (C=O) groups is 5. The first-order chi connectivity index (χ1) is 16.2. The number of imide groups is 1. The van der Waals surface area contributed by atoms with E-state index in [0.29, 0.717) is 6.42 Å². The van der Waals surface area contributed by atoms with Gasteiger partial charge < -0.3 is 14.8 Å². The second-order valence-corrected chi connectivity index (χ2v) is 8.29. The van der Waals surface area contributed by atoms with Gasteiger partial charge in [0.1, 0.15) is 6.04 Å². The lowest BCUT2D eigenvalue weighted by Crippen LogP contribution is -2.44. The number of benzene rings is 2. The number of nitrogens with zero attached hydrogens (tertiary/aromatic N) is 1. The molecule has 1 aliphatic rings. The Kier molecular flexibility index (Phi) is 7.78. The molecular weight excluding hydrogens is 440 g/mol. The standard InChI is InChI=1S/C25H26N2O7/c1-15(2)11-20(25(32)33-3)26-21(28)14-34-24(31)17-9-10-18-19(12-17)23(30)27(22(18)29)13-16-7-5-4-6-8-16/h4-10,12,15,20H,11,13-14H2,1-3H3,(H,26,28). The van der Waals surface area contributed by atoms with E-state index >= 15 is 0 Å². The van der Waals surface area contributed by atoms with Crippen molar-refractivity contribution < 1.29 is 33.4 Å². The van der Waals surface area contributed by atoms with Gasteiger partial charge in [-0.05, 0) is 36.1 Å². The quantitative estimate of drug-likeness (QED) is 0.445. The van der Waals surface area contributed by atoms with E-state index in [1.165, 1.54) is 25.3 Å². The van der Waals surface area contributed by atoms with Gasteiger partial charge in [0, 0.05) is 0 Å². The Bertz CT molecular complexity index is 1110. The molecule has 9 nitrogen and oxygen atoms in total. The molecule has 2 aromatic rings. The third kappa shape index (κ3) is 5.67. The number of rotatable bonds is 9. The normalized spacial score (nSPS) is 13.5. The summed E-state index contributed by atoms with van der Waals surface area (Å²) >= 11 is 0. The maximum absolute atomic E-state index is 12.8. The average Bonchev–Trinajstić information content (AvgIpc) is 3.06. The third-order valence-electron chi connectivity index (χ3n) is 5.25. The molecule has 9 heteroatoms. The summed E-state index contributed by atoms with van der Waals surface area (Å²) in [5, 5.41) is 2.49. The Labute approximate surface area is 197 Å². The first kappa shape index (κ1) is 24.6. The van der Waals surface area contributed by atoms with Crippen LogP contribution < -0.4 is 5.32 Å². The van der Waals surface area contributed by atoms with E-state index in [1.54, 1.807) is 0 Å². The van der Waals surface area contributed by atoms with Crippen LogP contribution in [-0.4, -0.2) is 54.3 Å². The molecule has 34 heavy (non-hydrogen) atoms. The van der Waals surface area contributed by atoms with Crippen molar-refractivity contribution in [1.82, 2.24) is 10.2 Å². The number of hydrogen-bond donors (Lipinski definition) is 1. The summed E-state index contributed by atoms with van der Waals surface area (Å²) in [6.07, 6.45) is 0.368. The molecule has 178 valence electrons. The van der Waals surface area contributed by atoms with Crippen LogP contribution in [0.2, 0.25) is 0 Å². The number of ether oxygens (including phenoxy) is 2. The van der Waals surface area contributed by atoms with Crippen molar-refractivity contribution in [2.45, 2.75) is 32.9 Å². The third-order valence-corrected chi connectivity index (χ3v) is 5.25. The van der Waals surface area contributed by atoms with Crippen LogP contribution in [0.4, 0.5) is 0 Å². The number of carbonyl (C=O) groups excluding carboxylic acids is 5. The first-order valence-electron chi connectivity index (χ1n) is 10.8. The lowest BCUT2D eigenvalue weighted by Gasteiger charge is -2.18. The Balaban J connectivity index is 1.63. The minimum absolute atomic E-state index is 0.0287. The number of fused-ring (bicyclic) bond motifs is 1. The minimum Gasteiger partial charge on any atom is -0.467 e. The summed E-state index contributed by atoms with van der Waals surface area (Å²) < 4.78 is 9.73. The van der Waals surface area contributed by atoms with Crippen LogP contribution in [-0.2, 0) is 25.6 Å². The molecule has 0 aliphatic carbocycles. The lowest BCUT2D eigenvalue weighted by molar-refractivity contribution is -0.145. The van der Waals surface area contributed by atoms with Crippen LogP contribution in [0.5, 0.6) is 0 Å². The molecule has 0 fully saturated rings. The predicted molar refractivity (Wildman–Crippen MR) is 121 cm³/mol. The van der Waals surface area contributed by atoms with Crippen molar-refractivity contribution in [3.63, 3.8) is 0 Å². The Hall–Kier alpha value is -4.01. The lowest BCUT2D eigenvalue weighted by atomic mass is 10.0. The second-order valence-electron chi connectivity index (χ2n) is 8.29. The molecule has 1 unspecified atom stereocenters. The summed E-state index contributed by atoms with van der Waals surface area (Å²) in [7, 11) is 1.22. The maximum Gasteiger partial charge on any atom is 0.338 e. The van der Waals surface area contributed by atoms with E-state index in [4.69, 9.17) is 9.47 Å². The highest BCUT2D eigenvalue weighted by Gasteiger charge is 2.36. The summed E-state index contributed by atoms with van der Waals surface area (Å²) in [4.78, 5) is 63.1. The highest BCUT2D eigenvalue weighted by molar-refractivity contribution is 6.21. The van der Waals surface area contributed by atoms with Crippen LogP contribution >= 0.6 is 0 Å². The number of methoxy groups -OCH3 is 1. The van der Waals surface area contributed by atoms with E-state index in [0.717, 1.165) is 10.5 Å². The Morgan fingerprint density at radius 1 is 0.971 bits per heavy atom. The molecule has 0 aromatic heterocycles. The summed E-state index contributed by atoms with van der Waals surface area (Å²) in [5.41, 5.74) is 1.12. The molecule has 2 aromatic carbocycles. The van der Waals surface area contributed by atoms with Gasteiger partial charge >= 0.3 is 11.9 Å². The van der Waals surface area contributed by atoms with Gasteiger partial charge in [-0.1, -0.05) is 44.2 Å². The zero-order valence-electron chi connectivity index (χ0n) is 19.2. The zero-order valence-corrected chi connectivity index (χ0v) is 19.2. The van der Waals surface area contributed by atoms with Gasteiger partial charge in [-0.15, -0.1) is 0 Å². The molecule has 1 heterocycles. The fourth-order valence-corrected chi connectivity index (χ4v) is 3.61. The van der Waals surface area contributed by atoms with Gasteiger partial charge in [0.2, 0.25) is 0 Å². The largest absolute Gasteiger partial charge is 0.467 e. The predicted octanol–water partition coefficient (Wildman–Crippen LogP) is 2.34. The van der Waals surface area contributed by atoms with Gasteiger partial charge in [-0.25, -0.2) is 9.59 Å². The highest BCUT2D eigenvalue weighted by Crippen LogP contribution is 2.26. The zero-order chi connectivity index (χ0) is 24.8. The topological polar surface area (TPSA) is 119 Å². The van der Waals surface area contributed by atoms with E-state index in [2.05, 4.69) is 5.32 Å². The van der Waals surface area contributed by atoms with E-state index < -0.39 is 42.3 Å². The number of hydrogen-bond acceptors (Lipinski definition) is 7. The summed E-state index contributed by atoms with van der Waals surface area (Å²) in [5.74, 6) is -2.91. The van der Waals surface area contributed by atoms with Gasteiger partial charge in [-0.2, -0.15) is 0 Å². The molecule has 3 rings (SSSR count). The monoisotopic (exact) mass is 466 g/mol. The molecular formula is C25H26N2O7. The van der Waals surface area contributed by atoms with Crippen LogP contribution in [0, 0.1) is 5.92 Å². The maximum atomic E-state index is 12.8. The van der Waals surface area contributed by atoms with Crippen molar-refractivity contribution in [1.29, 1.82) is 0 Å². The fraction of sp³-hybridized carbons (Fsp3) is 0.320. The van der Waals surface area contributed by atoms with E-state index in [-0.39, 0.29) is 29.2 Å². The van der Waals surface area contributed by atoms with Gasteiger partial charge in [-0.3, -0.25) is 19.3 Å². The molecule has 1 atom stereocenters. The molecule has 0 saturated heterocycles. The van der Waals surface area contributed by atoms with E-state index in [9.17, 15) is 24.0 Å². The SMILES string of the molecule is COC(=O)C(CC(C)C)NC(=O)COC(=O)c1ccc2c(c1)C(=O)N(Cc1ccccc1)C2=O. The second kappa shape index (κ2) is 10.7. The molecule has 0 radical (unpaired) electrons. The Morgan fingerprint density at radius 2 is 1.65 bits per heavy atom. The molecule has 3 amide bonds. The van der Waals surface area contributed by atoms with E-state index in [1.807, 2.05) is 44.2 Å². The van der Waals surface area contributed by atoms with Crippen molar-refractivity contribution in [2.75, 3.05) is 13.7 Å². The Morgan fingerprint density at radius 3 is 2.29 bits per heavy atom. The van der Waals surface area contributed by atoms with Gasteiger partial charge in [0.05, 0.1) is 30.3 Å². The van der Waals surface area contributed by atoms with Crippen LogP contribution in [0.25, 0.3) is 0 Å². The van der Waals surface area contributed by atoms with Gasteiger partial charge in [0.25, 0.3) is 17.7 Å². The number of esters is 2. The van der Waals surface area contributed by atoms with Crippen molar-refractivity contribution in [2.24, 2.45) is 5.92 Å². The molecule has 1 N–H and O–H groups in total. The molecule has 0 saturated carbocycles. The van der Waals surface area contributed by atoms with Crippen molar-refractivity contribution in [3.8, 4) is 0 Å². The molecule has 0 spiro atoms. The first-order valence-corrected chi connectivity index (χ1v) is 10.8. The van der Waals surface area contributed by atoms with Crippen molar-refractivity contribution >= 4 is 29.7 Å². The summed E-state index contributed by atoms with van der Waals surface area (Å²) in [6.45, 7) is 3.28. The van der Waals surface area contributed by atoms with Gasteiger partial charge in [0.15, 0.2) is 6.61 Å². The highest BCUT2D eigenvalue weighted by atomic mass is 16.5. The van der Waals surface area contributed by atoms with Crippen LogP contribution in [0.1, 0.15) is 56.9 Å². The van der Waals surface area contributed by atoms with Crippen molar-refractivity contribution in [3.05, 3.63) is 70.8 Å². The van der Waals surface area contributed by atoms with Crippen LogP contribution in [0.3, 0.4) is 0 Å².